The first-order valence-electron chi connectivity index (χ1n) is 9.16. The third kappa shape index (κ3) is 3.64. The number of fused-ring (bicyclic) bond motifs is 1. The van der Waals surface area contributed by atoms with Crippen molar-refractivity contribution >= 4 is 28.3 Å². The Labute approximate surface area is 157 Å². The lowest BCUT2D eigenvalue weighted by molar-refractivity contribution is -0.117. The summed E-state index contributed by atoms with van der Waals surface area (Å²) in [6.45, 7) is 8.23. The Bertz CT molecular complexity index is 960. The summed E-state index contributed by atoms with van der Waals surface area (Å²) in [5, 5.41) is 10.6. The van der Waals surface area contributed by atoms with Gasteiger partial charge in [-0.3, -0.25) is 9.69 Å². The average molecular weight is 365 g/mol. The lowest BCUT2D eigenvalue weighted by Gasteiger charge is -2.36. The number of nitrogens with one attached hydrogen (secondary N) is 1. The number of benzene rings is 2. The maximum Gasteiger partial charge on any atom is 0.238 e. The second-order valence-electron chi connectivity index (χ2n) is 6.97. The molecule has 1 aromatic heterocycles. The summed E-state index contributed by atoms with van der Waals surface area (Å²) < 4.78 is 4.74. The van der Waals surface area contributed by atoms with Crippen molar-refractivity contribution < 1.29 is 9.42 Å². The first-order chi connectivity index (χ1) is 13.1. The van der Waals surface area contributed by atoms with Crippen molar-refractivity contribution in [3.05, 3.63) is 47.5 Å². The Morgan fingerprint density at radius 1 is 1.07 bits per heavy atom. The summed E-state index contributed by atoms with van der Waals surface area (Å²) >= 11 is 0. The van der Waals surface area contributed by atoms with Gasteiger partial charge in [0.2, 0.25) is 5.91 Å². The first kappa shape index (κ1) is 17.5. The summed E-state index contributed by atoms with van der Waals surface area (Å²) in [5.41, 5.74) is 5.78. The molecule has 1 aliphatic heterocycles. The highest BCUT2D eigenvalue weighted by atomic mass is 16.6. The van der Waals surface area contributed by atoms with E-state index in [1.807, 2.05) is 12.1 Å². The zero-order valence-electron chi connectivity index (χ0n) is 15.6. The maximum atomic E-state index is 12.5. The third-order valence-corrected chi connectivity index (χ3v) is 5.22. The number of carbonyl (C=O) groups excluding carboxylic acids is 1. The van der Waals surface area contributed by atoms with E-state index in [1.165, 1.54) is 16.8 Å². The number of amides is 1. The molecule has 140 valence electrons. The zero-order chi connectivity index (χ0) is 18.8. The molecule has 2 aromatic carbocycles. The van der Waals surface area contributed by atoms with Gasteiger partial charge in [-0.2, -0.15) is 0 Å². The quantitative estimate of drug-likeness (QED) is 0.766. The SMILES string of the molecule is Cc1cccc(N2CCN(CC(=O)Nc3cccc4nonc34)CC2)c1C. The molecule has 0 atom stereocenters. The number of rotatable bonds is 4. The fourth-order valence-electron chi connectivity index (χ4n) is 3.52. The monoisotopic (exact) mass is 365 g/mol. The van der Waals surface area contributed by atoms with E-state index in [2.05, 4.69) is 57.5 Å². The van der Waals surface area contributed by atoms with Crippen molar-refractivity contribution in [3.8, 4) is 0 Å². The molecule has 2 heterocycles. The smallest absolute Gasteiger partial charge is 0.238 e. The van der Waals surface area contributed by atoms with Gasteiger partial charge < -0.3 is 10.2 Å². The molecule has 1 aliphatic rings. The molecule has 1 fully saturated rings. The Kier molecular flexibility index (Phi) is 4.77. The van der Waals surface area contributed by atoms with Crippen LogP contribution in [0.15, 0.2) is 41.0 Å². The molecule has 0 bridgehead atoms. The van der Waals surface area contributed by atoms with E-state index in [-0.39, 0.29) is 5.91 Å². The molecule has 1 N–H and O–H groups in total. The fourth-order valence-corrected chi connectivity index (χ4v) is 3.52. The highest BCUT2D eigenvalue weighted by Gasteiger charge is 2.21. The average Bonchev–Trinajstić information content (AvgIpc) is 3.15. The number of hydrogen-bond acceptors (Lipinski definition) is 6. The van der Waals surface area contributed by atoms with Gasteiger partial charge in [0, 0.05) is 31.9 Å². The second-order valence-corrected chi connectivity index (χ2v) is 6.97. The Morgan fingerprint density at radius 2 is 1.85 bits per heavy atom. The van der Waals surface area contributed by atoms with E-state index in [4.69, 9.17) is 4.63 Å². The van der Waals surface area contributed by atoms with E-state index in [0.29, 0.717) is 23.3 Å². The van der Waals surface area contributed by atoms with Crippen molar-refractivity contribution in [1.82, 2.24) is 15.2 Å². The van der Waals surface area contributed by atoms with Gasteiger partial charge >= 0.3 is 0 Å². The fraction of sp³-hybridized carbons (Fsp3) is 0.350. The van der Waals surface area contributed by atoms with Crippen molar-refractivity contribution in [2.45, 2.75) is 13.8 Å². The number of aromatic nitrogens is 2. The molecular formula is C20H23N5O2. The summed E-state index contributed by atoms with van der Waals surface area (Å²) in [4.78, 5) is 17.0. The minimum absolute atomic E-state index is 0.0503. The molecule has 0 spiro atoms. The van der Waals surface area contributed by atoms with Crippen LogP contribution in [0, 0.1) is 13.8 Å². The standard InChI is InChI=1S/C20H23N5O2/c1-14-5-3-8-18(15(14)2)25-11-9-24(10-12-25)13-19(26)21-16-6-4-7-17-20(16)23-27-22-17/h3-8H,9-13H2,1-2H3,(H,21,26). The lowest BCUT2D eigenvalue weighted by Crippen LogP contribution is -2.48. The van der Waals surface area contributed by atoms with Crippen molar-refractivity contribution in [1.29, 1.82) is 0 Å². The van der Waals surface area contributed by atoms with Gasteiger partial charge in [-0.25, -0.2) is 4.63 Å². The predicted octanol–water partition coefficient (Wildman–Crippen LogP) is 2.60. The van der Waals surface area contributed by atoms with Crippen LogP contribution in [0.2, 0.25) is 0 Å². The molecule has 1 amide bonds. The molecule has 0 aliphatic carbocycles. The minimum Gasteiger partial charge on any atom is -0.369 e. The molecule has 1 saturated heterocycles. The van der Waals surface area contributed by atoms with Gasteiger partial charge in [0.15, 0.2) is 5.52 Å². The highest BCUT2D eigenvalue weighted by Crippen LogP contribution is 2.24. The molecule has 4 rings (SSSR count). The van der Waals surface area contributed by atoms with E-state index >= 15 is 0 Å². The molecular weight excluding hydrogens is 342 g/mol. The largest absolute Gasteiger partial charge is 0.369 e. The molecule has 0 saturated carbocycles. The van der Waals surface area contributed by atoms with Crippen molar-refractivity contribution in [2.24, 2.45) is 0 Å². The van der Waals surface area contributed by atoms with Crippen LogP contribution in [0.3, 0.4) is 0 Å². The Morgan fingerprint density at radius 3 is 2.67 bits per heavy atom. The van der Waals surface area contributed by atoms with Crippen LogP contribution >= 0.6 is 0 Å². The molecule has 0 unspecified atom stereocenters. The van der Waals surface area contributed by atoms with Gasteiger partial charge in [-0.15, -0.1) is 0 Å². The summed E-state index contributed by atoms with van der Waals surface area (Å²) in [7, 11) is 0. The molecule has 7 heteroatoms. The van der Waals surface area contributed by atoms with Gasteiger partial charge in [0.25, 0.3) is 0 Å². The zero-order valence-corrected chi connectivity index (χ0v) is 15.6. The number of aryl methyl sites for hydroxylation is 1. The van der Waals surface area contributed by atoms with Crippen LogP contribution in [0.5, 0.6) is 0 Å². The van der Waals surface area contributed by atoms with Gasteiger partial charge in [0.05, 0.1) is 12.2 Å². The molecule has 0 radical (unpaired) electrons. The number of nitrogens with zero attached hydrogens (tertiary/aromatic N) is 4. The van der Waals surface area contributed by atoms with Crippen LogP contribution < -0.4 is 10.2 Å². The van der Waals surface area contributed by atoms with Crippen LogP contribution in [0.1, 0.15) is 11.1 Å². The first-order valence-corrected chi connectivity index (χ1v) is 9.16. The van der Waals surface area contributed by atoms with E-state index in [0.717, 1.165) is 26.2 Å². The van der Waals surface area contributed by atoms with Crippen molar-refractivity contribution in [3.63, 3.8) is 0 Å². The number of hydrogen-bond donors (Lipinski definition) is 1. The summed E-state index contributed by atoms with van der Waals surface area (Å²) in [6, 6.07) is 11.9. The van der Waals surface area contributed by atoms with Gasteiger partial charge in [-0.05, 0) is 53.5 Å². The predicted molar refractivity (Wildman–Crippen MR) is 105 cm³/mol. The summed E-state index contributed by atoms with van der Waals surface area (Å²) in [6.07, 6.45) is 0. The van der Waals surface area contributed by atoms with Crippen molar-refractivity contribution in [2.75, 3.05) is 42.9 Å². The van der Waals surface area contributed by atoms with E-state index in [1.54, 1.807) is 6.07 Å². The highest BCUT2D eigenvalue weighted by molar-refractivity contribution is 5.99. The normalized spacial score (nSPS) is 15.3. The second kappa shape index (κ2) is 7.36. The van der Waals surface area contributed by atoms with Crippen LogP contribution in [0.25, 0.3) is 11.0 Å². The third-order valence-electron chi connectivity index (χ3n) is 5.22. The lowest BCUT2D eigenvalue weighted by atomic mass is 10.1. The maximum absolute atomic E-state index is 12.5. The van der Waals surface area contributed by atoms with Crippen LogP contribution in [-0.2, 0) is 4.79 Å². The number of carbonyl (C=O) groups is 1. The van der Waals surface area contributed by atoms with Gasteiger partial charge in [0.1, 0.15) is 5.52 Å². The molecule has 7 nitrogen and oxygen atoms in total. The number of piperazine rings is 1. The van der Waals surface area contributed by atoms with E-state index in [9.17, 15) is 4.79 Å². The molecule has 27 heavy (non-hydrogen) atoms. The van der Waals surface area contributed by atoms with Crippen LogP contribution in [-0.4, -0.2) is 53.8 Å². The van der Waals surface area contributed by atoms with Crippen LogP contribution in [0.4, 0.5) is 11.4 Å². The Balaban J connectivity index is 1.34. The minimum atomic E-state index is -0.0503. The topological polar surface area (TPSA) is 74.5 Å². The molecule has 3 aromatic rings. The van der Waals surface area contributed by atoms with Gasteiger partial charge in [-0.1, -0.05) is 18.2 Å². The van der Waals surface area contributed by atoms with E-state index < -0.39 is 0 Å². The number of anilines is 2. The Hall–Kier alpha value is -2.93. The summed E-state index contributed by atoms with van der Waals surface area (Å²) in [5.74, 6) is -0.0503.